The molecule has 0 radical (unpaired) electrons. The summed E-state index contributed by atoms with van der Waals surface area (Å²) in [4.78, 5) is 2.21. The first-order valence-electron chi connectivity index (χ1n) is 5.60. The van der Waals surface area contributed by atoms with Crippen molar-refractivity contribution in [3.8, 4) is 0 Å². The van der Waals surface area contributed by atoms with E-state index in [1.165, 1.54) is 11.3 Å². The largest absolute Gasteiger partial charge is 0.358 e. The molecule has 1 aliphatic rings. The number of benzene rings is 1. The van der Waals surface area contributed by atoms with E-state index in [0.29, 0.717) is 11.3 Å². The van der Waals surface area contributed by atoms with Gasteiger partial charge in [-0.1, -0.05) is 25.1 Å². The van der Waals surface area contributed by atoms with Gasteiger partial charge in [0, 0.05) is 17.0 Å². The van der Waals surface area contributed by atoms with Crippen LogP contribution < -0.4 is 4.90 Å². The van der Waals surface area contributed by atoms with Crippen LogP contribution >= 0.6 is 11.8 Å². The minimum Gasteiger partial charge on any atom is -0.358 e. The molecule has 2 rings (SSSR count). The van der Waals surface area contributed by atoms with Gasteiger partial charge in [-0.2, -0.15) is 0 Å². The number of para-hydroxylation sites is 1. The summed E-state index contributed by atoms with van der Waals surface area (Å²) in [6.07, 6.45) is 0. The van der Waals surface area contributed by atoms with E-state index in [2.05, 4.69) is 49.9 Å². The number of aryl methyl sites for hydroxylation is 1. The monoisotopic (exact) mass is 208 g/mol. The lowest BCUT2D eigenvalue weighted by Gasteiger charge is -2.26. The molecule has 76 valence electrons. The van der Waals surface area contributed by atoms with E-state index >= 15 is 0 Å². The number of thioether (sulfide) groups is 1. The average Bonchev–Trinajstić information content (AvgIpc) is 2.43. The van der Waals surface area contributed by atoms with Crippen molar-refractivity contribution in [2.75, 3.05) is 10.8 Å². The molecule has 1 fully saturated rings. The molecule has 1 saturated heterocycles. The molecule has 2 heteroatoms. The van der Waals surface area contributed by atoms with Gasteiger partial charge in [-0.3, -0.25) is 0 Å². The maximum Gasteiger partial charge on any atom is 0.0646 e. The van der Waals surface area contributed by atoms with E-state index in [0.717, 1.165) is 0 Å². The standard InChI is InChI=1S/C12H17NS/c1-9-6-4-5-7-12(9)13-8-14-11(3)10(13)2/h4-7,10-11H,8H2,1-3H3/t10-,11?/m0/s1/i8D/t8?,10-,11?. The smallest absolute Gasteiger partial charge is 0.0646 e. The first-order valence-corrected chi connectivity index (χ1v) is 5.97. The van der Waals surface area contributed by atoms with Crippen LogP contribution in [0.2, 0.25) is 0 Å². The Balaban J connectivity index is 2.35. The van der Waals surface area contributed by atoms with Crippen LogP contribution in [0.5, 0.6) is 0 Å². The summed E-state index contributed by atoms with van der Waals surface area (Å²) < 4.78 is 8.07. The van der Waals surface area contributed by atoms with Gasteiger partial charge in [-0.25, -0.2) is 0 Å². The lowest BCUT2D eigenvalue weighted by atomic mass is 10.1. The Labute approximate surface area is 91.9 Å². The molecule has 2 unspecified atom stereocenters. The molecule has 14 heavy (non-hydrogen) atoms. The molecule has 0 aliphatic carbocycles. The zero-order valence-corrected chi connectivity index (χ0v) is 9.71. The van der Waals surface area contributed by atoms with Gasteiger partial charge in [0.2, 0.25) is 0 Å². The summed E-state index contributed by atoms with van der Waals surface area (Å²) in [6, 6.07) is 8.78. The van der Waals surface area contributed by atoms with Gasteiger partial charge in [-0.15, -0.1) is 11.8 Å². The predicted molar refractivity (Wildman–Crippen MR) is 65.0 cm³/mol. The second-order valence-electron chi connectivity index (χ2n) is 3.88. The van der Waals surface area contributed by atoms with Crippen molar-refractivity contribution < 1.29 is 1.37 Å². The molecule has 1 aromatic rings. The van der Waals surface area contributed by atoms with Crippen LogP contribution in [0.1, 0.15) is 20.8 Å². The second-order valence-corrected chi connectivity index (χ2v) is 5.11. The Morgan fingerprint density at radius 2 is 2.14 bits per heavy atom. The molecular weight excluding hydrogens is 190 g/mol. The normalized spacial score (nSPS) is 33.2. The molecular formula is C12H17NS. The molecule has 1 nitrogen and oxygen atoms in total. The summed E-state index contributed by atoms with van der Waals surface area (Å²) >= 11 is 1.73. The minimum atomic E-state index is -0.156. The van der Waals surface area contributed by atoms with E-state index in [4.69, 9.17) is 1.37 Å². The highest BCUT2D eigenvalue weighted by Gasteiger charge is 2.28. The fourth-order valence-corrected chi connectivity index (χ4v) is 2.71. The molecule has 3 atom stereocenters. The Bertz CT molecular complexity index is 355. The summed E-state index contributed by atoms with van der Waals surface area (Å²) in [5.74, 6) is -0.156. The van der Waals surface area contributed by atoms with E-state index in [1.54, 1.807) is 11.8 Å². The third-order valence-electron chi connectivity index (χ3n) is 2.90. The lowest BCUT2D eigenvalue weighted by molar-refractivity contribution is 0.699. The number of hydrogen-bond acceptors (Lipinski definition) is 2. The van der Waals surface area contributed by atoms with Gasteiger partial charge in [0.05, 0.1) is 7.22 Å². The summed E-state index contributed by atoms with van der Waals surface area (Å²) in [6.45, 7) is 6.52. The fourth-order valence-electron chi connectivity index (χ4n) is 1.73. The Morgan fingerprint density at radius 3 is 2.71 bits per heavy atom. The maximum absolute atomic E-state index is 8.07. The third-order valence-corrected chi connectivity index (χ3v) is 4.07. The van der Waals surface area contributed by atoms with Crippen LogP contribution in [0.15, 0.2) is 24.3 Å². The van der Waals surface area contributed by atoms with Crippen LogP contribution in [0, 0.1) is 6.92 Å². The van der Waals surface area contributed by atoms with Crippen molar-refractivity contribution in [1.82, 2.24) is 0 Å². The van der Waals surface area contributed by atoms with Crippen LogP contribution in [0.25, 0.3) is 0 Å². The number of anilines is 1. The predicted octanol–water partition coefficient (Wildman–Crippen LogP) is 3.28. The van der Waals surface area contributed by atoms with Gasteiger partial charge in [0.1, 0.15) is 0 Å². The zero-order chi connectivity index (χ0) is 11.0. The quantitative estimate of drug-likeness (QED) is 0.697. The minimum absolute atomic E-state index is 0.156. The summed E-state index contributed by atoms with van der Waals surface area (Å²) in [7, 11) is 0. The highest BCUT2D eigenvalue weighted by molar-refractivity contribution is 8.00. The highest BCUT2D eigenvalue weighted by Crippen LogP contribution is 2.34. The zero-order valence-electron chi connectivity index (χ0n) is 9.90. The van der Waals surface area contributed by atoms with Gasteiger partial charge < -0.3 is 4.90 Å². The van der Waals surface area contributed by atoms with Crippen molar-refractivity contribution in [2.24, 2.45) is 0 Å². The third kappa shape index (κ3) is 1.63. The molecule has 1 aliphatic heterocycles. The number of nitrogens with zero attached hydrogens (tertiary/aromatic N) is 1. The topological polar surface area (TPSA) is 3.24 Å². The average molecular weight is 208 g/mol. The van der Waals surface area contributed by atoms with Crippen molar-refractivity contribution >= 4 is 17.4 Å². The van der Waals surface area contributed by atoms with Gasteiger partial charge in [0.25, 0.3) is 0 Å². The van der Waals surface area contributed by atoms with Gasteiger partial charge >= 0.3 is 0 Å². The highest BCUT2D eigenvalue weighted by atomic mass is 32.2. The van der Waals surface area contributed by atoms with E-state index in [9.17, 15) is 0 Å². The maximum atomic E-state index is 8.07. The number of rotatable bonds is 1. The van der Waals surface area contributed by atoms with E-state index < -0.39 is 0 Å². The van der Waals surface area contributed by atoms with Gasteiger partial charge in [-0.05, 0) is 25.5 Å². The molecule has 1 aromatic carbocycles. The second kappa shape index (κ2) is 3.85. The molecule has 1 heterocycles. The fraction of sp³-hybridized carbons (Fsp3) is 0.500. The number of hydrogen-bond donors (Lipinski definition) is 0. The molecule has 0 saturated carbocycles. The van der Waals surface area contributed by atoms with Gasteiger partial charge in [0.15, 0.2) is 0 Å². The van der Waals surface area contributed by atoms with Crippen molar-refractivity contribution in [2.45, 2.75) is 32.1 Å². The molecule has 0 bridgehead atoms. The molecule has 0 aromatic heterocycles. The van der Waals surface area contributed by atoms with Crippen LogP contribution in [-0.4, -0.2) is 17.1 Å². The molecule has 0 N–H and O–H groups in total. The first kappa shape index (κ1) is 8.66. The Hall–Kier alpha value is -0.630. The van der Waals surface area contributed by atoms with E-state index in [1.807, 2.05) is 0 Å². The van der Waals surface area contributed by atoms with Crippen LogP contribution in [-0.2, 0) is 0 Å². The van der Waals surface area contributed by atoms with Crippen molar-refractivity contribution in [3.63, 3.8) is 0 Å². The summed E-state index contributed by atoms with van der Waals surface area (Å²) in [5.41, 5.74) is 2.47. The Morgan fingerprint density at radius 1 is 1.43 bits per heavy atom. The SMILES string of the molecule is [2H]C1SC(C)[C@H](C)N1c1ccccc1C. The first-order chi connectivity index (χ1) is 7.11. The Kier molecular flexibility index (Phi) is 2.38. The van der Waals surface area contributed by atoms with E-state index in [-0.39, 0.29) is 5.85 Å². The molecule has 0 spiro atoms. The lowest BCUT2D eigenvalue weighted by Crippen LogP contribution is -2.31. The van der Waals surface area contributed by atoms with Crippen molar-refractivity contribution in [3.05, 3.63) is 29.8 Å². The van der Waals surface area contributed by atoms with Crippen LogP contribution in [0.3, 0.4) is 0 Å². The molecule has 0 amide bonds. The van der Waals surface area contributed by atoms with Crippen molar-refractivity contribution in [1.29, 1.82) is 0 Å². The summed E-state index contributed by atoms with van der Waals surface area (Å²) in [5, 5.41) is 0.534. The van der Waals surface area contributed by atoms with Crippen LogP contribution in [0.4, 0.5) is 5.69 Å².